The number of carbonyl (C=O) groups excluding carboxylic acids is 1. The van der Waals surface area contributed by atoms with Gasteiger partial charge in [-0.2, -0.15) is 0 Å². The lowest BCUT2D eigenvalue weighted by atomic mass is 10.3. The predicted octanol–water partition coefficient (Wildman–Crippen LogP) is 2.70. The van der Waals surface area contributed by atoms with Gasteiger partial charge in [-0.1, -0.05) is 29.0 Å². The molecule has 0 bridgehead atoms. The smallest absolute Gasteiger partial charge is 0.274 e. The number of aromatic nitrogens is 3. The van der Waals surface area contributed by atoms with Gasteiger partial charge in [0.25, 0.3) is 5.91 Å². The molecule has 0 N–H and O–H groups in total. The Labute approximate surface area is 147 Å². The molecule has 6 nitrogen and oxygen atoms in total. The third-order valence-corrected chi connectivity index (χ3v) is 5.36. The lowest BCUT2D eigenvalue weighted by Crippen LogP contribution is -2.49. The summed E-state index contributed by atoms with van der Waals surface area (Å²) in [6, 6.07) is 5.81. The Bertz CT molecular complexity index is 877. The molecule has 3 aromatic rings. The van der Waals surface area contributed by atoms with Gasteiger partial charge in [0, 0.05) is 38.6 Å². The molecule has 1 fully saturated rings. The largest absolute Gasteiger partial charge is 0.345 e. The minimum atomic E-state index is -0.0740. The standard InChI is InChI=1S/C16H14ClN5OS/c17-11-2-1-3-13-14(11)20-16(24-13)22-8-6-21(7-9-22)15(23)12-10-18-4-5-19-12/h1-5,10H,6-9H2. The maximum atomic E-state index is 12.4. The highest BCUT2D eigenvalue weighted by molar-refractivity contribution is 7.22. The highest BCUT2D eigenvalue weighted by Gasteiger charge is 2.24. The Hall–Kier alpha value is -2.25. The fourth-order valence-electron chi connectivity index (χ4n) is 2.71. The van der Waals surface area contributed by atoms with E-state index in [1.807, 2.05) is 18.2 Å². The van der Waals surface area contributed by atoms with Gasteiger partial charge in [0.1, 0.15) is 11.2 Å². The van der Waals surface area contributed by atoms with Crippen LogP contribution in [0.3, 0.4) is 0 Å². The highest BCUT2D eigenvalue weighted by atomic mass is 35.5. The van der Waals surface area contributed by atoms with E-state index in [9.17, 15) is 4.79 Å². The molecule has 0 unspecified atom stereocenters. The van der Waals surface area contributed by atoms with Crippen LogP contribution in [0.25, 0.3) is 10.2 Å². The van der Waals surface area contributed by atoms with Crippen molar-refractivity contribution in [1.29, 1.82) is 0 Å². The Morgan fingerprint density at radius 3 is 2.71 bits per heavy atom. The van der Waals surface area contributed by atoms with Crippen molar-refractivity contribution < 1.29 is 4.79 Å². The molecule has 0 saturated carbocycles. The molecule has 0 atom stereocenters. The van der Waals surface area contributed by atoms with E-state index in [1.165, 1.54) is 12.4 Å². The number of anilines is 1. The van der Waals surface area contributed by atoms with Gasteiger partial charge in [-0.15, -0.1) is 0 Å². The molecule has 1 aromatic carbocycles. The number of halogens is 1. The minimum Gasteiger partial charge on any atom is -0.345 e. The van der Waals surface area contributed by atoms with Gasteiger partial charge in [-0.25, -0.2) is 9.97 Å². The molecule has 1 aliphatic heterocycles. The molecular formula is C16H14ClN5OS. The molecule has 2 aromatic heterocycles. The van der Waals surface area contributed by atoms with Crippen molar-refractivity contribution in [2.75, 3.05) is 31.1 Å². The van der Waals surface area contributed by atoms with Gasteiger partial charge in [-0.05, 0) is 12.1 Å². The lowest BCUT2D eigenvalue weighted by molar-refractivity contribution is 0.0740. The Morgan fingerprint density at radius 1 is 1.17 bits per heavy atom. The number of carbonyl (C=O) groups is 1. The summed E-state index contributed by atoms with van der Waals surface area (Å²) in [5, 5.41) is 1.62. The number of piperazine rings is 1. The molecule has 122 valence electrons. The molecule has 0 aliphatic carbocycles. The summed E-state index contributed by atoms with van der Waals surface area (Å²) in [6.07, 6.45) is 4.60. The van der Waals surface area contributed by atoms with E-state index in [0.29, 0.717) is 23.8 Å². The van der Waals surface area contributed by atoms with Crippen LogP contribution < -0.4 is 4.90 Å². The van der Waals surface area contributed by atoms with Crippen LogP contribution in [0.2, 0.25) is 5.02 Å². The first-order chi connectivity index (χ1) is 11.7. The second kappa shape index (κ2) is 6.33. The van der Waals surface area contributed by atoms with Gasteiger partial charge in [0.2, 0.25) is 0 Å². The van der Waals surface area contributed by atoms with Crippen molar-refractivity contribution in [3.63, 3.8) is 0 Å². The van der Waals surface area contributed by atoms with Gasteiger partial charge in [0.05, 0.1) is 15.9 Å². The van der Waals surface area contributed by atoms with Crippen molar-refractivity contribution in [1.82, 2.24) is 19.9 Å². The first kappa shape index (κ1) is 15.3. The van der Waals surface area contributed by atoms with E-state index in [-0.39, 0.29) is 5.91 Å². The van der Waals surface area contributed by atoms with Gasteiger partial charge < -0.3 is 9.80 Å². The van der Waals surface area contributed by atoms with Gasteiger partial charge >= 0.3 is 0 Å². The highest BCUT2D eigenvalue weighted by Crippen LogP contribution is 2.33. The maximum Gasteiger partial charge on any atom is 0.274 e. The van der Waals surface area contributed by atoms with E-state index < -0.39 is 0 Å². The average Bonchev–Trinajstić information content (AvgIpc) is 3.08. The molecule has 1 amide bonds. The lowest BCUT2D eigenvalue weighted by Gasteiger charge is -2.34. The molecular weight excluding hydrogens is 346 g/mol. The number of para-hydroxylation sites is 1. The van der Waals surface area contributed by atoms with Crippen LogP contribution in [-0.2, 0) is 0 Å². The number of hydrogen-bond donors (Lipinski definition) is 0. The zero-order valence-corrected chi connectivity index (χ0v) is 14.3. The number of rotatable bonds is 2. The number of benzene rings is 1. The van der Waals surface area contributed by atoms with Crippen LogP contribution in [0.15, 0.2) is 36.8 Å². The van der Waals surface area contributed by atoms with Crippen molar-refractivity contribution in [3.05, 3.63) is 47.5 Å². The van der Waals surface area contributed by atoms with Crippen molar-refractivity contribution in [2.24, 2.45) is 0 Å². The monoisotopic (exact) mass is 359 g/mol. The first-order valence-electron chi connectivity index (χ1n) is 7.57. The molecule has 1 saturated heterocycles. The molecule has 4 rings (SSSR count). The molecule has 3 heterocycles. The molecule has 0 radical (unpaired) electrons. The van der Waals surface area contributed by atoms with Crippen LogP contribution in [0.5, 0.6) is 0 Å². The Kier molecular flexibility index (Phi) is 4.03. The van der Waals surface area contributed by atoms with Crippen LogP contribution in [0.1, 0.15) is 10.5 Å². The molecule has 0 spiro atoms. The SMILES string of the molecule is O=C(c1cnccn1)N1CCN(c2nc3c(Cl)cccc3s2)CC1. The average molecular weight is 360 g/mol. The first-order valence-corrected chi connectivity index (χ1v) is 8.77. The quantitative estimate of drug-likeness (QED) is 0.704. The number of thiazole rings is 1. The van der Waals surface area contributed by atoms with Crippen LogP contribution in [0.4, 0.5) is 5.13 Å². The van der Waals surface area contributed by atoms with E-state index in [4.69, 9.17) is 11.6 Å². The van der Waals surface area contributed by atoms with E-state index in [0.717, 1.165) is 28.4 Å². The third kappa shape index (κ3) is 2.81. The summed E-state index contributed by atoms with van der Waals surface area (Å²) in [5.41, 5.74) is 1.23. The van der Waals surface area contributed by atoms with Crippen LogP contribution in [0, 0.1) is 0 Å². The van der Waals surface area contributed by atoms with Crippen LogP contribution >= 0.6 is 22.9 Å². The number of amides is 1. The summed E-state index contributed by atoms with van der Waals surface area (Å²) < 4.78 is 1.08. The van der Waals surface area contributed by atoms with Gasteiger partial charge in [0.15, 0.2) is 5.13 Å². The van der Waals surface area contributed by atoms with E-state index in [2.05, 4.69) is 19.9 Å². The Morgan fingerprint density at radius 2 is 2.00 bits per heavy atom. The normalized spacial score (nSPS) is 15.0. The molecule has 8 heteroatoms. The molecule has 1 aliphatic rings. The fourth-order valence-corrected chi connectivity index (χ4v) is 4.03. The maximum absolute atomic E-state index is 12.4. The topological polar surface area (TPSA) is 62.2 Å². The third-order valence-electron chi connectivity index (χ3n) is 3.98. The minimum absolute atomic E-state index is 0.0740. The Balaban J connectivity index is 1.47. The fraction of sp³-hybridized carbons (Fsp3) is 0.250. The number of hydrogen-bond acceptors (Lipinski definition) is 6. The zero-order chi connectivity index (χ0) is 16.5. The van der Waals surface area contributed by atoms with Crippen molar-refractivity contribution in [3.8, 4) is 0 Å². The van der Waals surface area contributed by atoms with Crippen molar-refractivity contribution in [2.45, 2.75) is 0 Å². The van der Waals surface area contributed by atoms with E-state index >= 15 is 0 Å². The summed E-state index contributed by atoms with van der Waals surface area (Å²) in [4.78, 5) is 29.1. The summed E-state index contributed by atoms with van der Waals surface area (Å²) in [7, 11) is 0. The second-order valence-corrected chi connectivity index (χ2v) is 6.87. The number of fused-ring (bicyclic) bond motifs is 1. The summed E-state index contributed by atoms with van der Waals surface area (Å²) >= 11 is 7.83. The zero-order valence-electron chi connectivity index (χ0n) is 12.7. The number of nitrogens with zero attached hydrogens (tertiary/aromatic N) is 5. The summed E-state index contributed by atoms with van der Waals surface area (Å²) in [6.45, 7) is 2.75. The van der Waals surface area contributed by atoms with E-state index in [1.54, 1.807) is 22.4 Å². The van der Waals surface area contributed by atoms with Gasteiger partial charge in [-0.3, -0.25) is 9.78 Å². The molecule has 24 heavy (non-hydrogen) atoms. The van der Waals surface area contributed by atoms with Crippen LogP contribution in [-0.4, -0.2) is 51.9 Å². The van der Waals surface area contributed by atoms with Crippen molar-refractivity contribution >= 4 is 44.2 Å². The predicted molar refractivity (Wildman–Crippen MR) is 94.8 cm³/mol. The second-order valence-electron chi connectivity index (χ2n) is 5.45. The summed E-state index contributed by atoms with van der Waals surface area (Å²) in [5.74, 6) is -0.0740.